The lowest BCUT2D eigenvalue weighted by Gasteiger charge is -2.26. The Labute approximate surface area is 193 Å². The first kappa shape index (κ1) is 23.5. The summed E-state index contributed by atoms with van der Waals surface area (Å²) in [5, 5.41) is 9.64. The molecule has 0 radical (unpaired) electrons. The highest BCUT2D eigenvalue weighted by Crippen LogP contribution is 2.29. The molecule has 8 heteroatoms. The van der Waals surface area contributed by atoms with E-state index in [2.05, 4.69) is 20.9 Å². The van der Waals surface area contributed by atoms with E-state index in [1.807, 2.05) is 32.0 Å². The number of likely N-dealkylation sites (N-methyl/N-ethyl adjacent to an activating group) is 1. The van der Waals surface area contributed by atoms with E-state index in [9.17, 15) is 9.59 Å². The fourth-order valence-corrected chi connectivity index (χ4v) is 5.13. The molecule has 1 saturated carbocycles. The summed E-state index contributed by atoms with van der Waals surface area (Å²) in [5.41, 5.74) is 1.73. The van der Waals surface area contributed by atoms with Gasteiger partial charge in [-0.2, -0.15) is 0 Å². The minimum Gasteiger partial charge on any atom is -0.376 e. The SMILES string of the molecule is CNC(=O)[C@H](CC1CCCCC1)NC(=O)c1ccc([C@@H](C)Nc2cc(Cl)cnc2C)s1. The second kappa shape index (κ2) is 11.0. The highest BCUT2D eigenvalue weighted by Gasteiger charge is 2.26. The zero-order chi connectivity index (χ0) is 22.4. The normalized spacial score (nSPS) is 16.4. The summed E-state index contributed by atoms with van der Waals surface area (Å²) < 4.78 is 0. The van der Waals surface area contributed by atoms with E-state index in [0.717, 1.165) is 29.1 Å². The van der Waals surface area contributed by atoms with Gasteiger partial charge >= 0.3 is 0 Å². The predicted octanol–water partition coefficient (Wildman–Crippen LogP) is 5.09. The van der Waals surface area contributed by atoms with Gasteiger partial charge in [0.05, 0.1) is 27.3 Å². The van der Waals surface area contributed by atoms with Crippen molar-refractivity contribution in [1.29, 1.82) is 0 Å². The molecule has 1 aliphatic rings. The Morgan fingerprint density at radius 2 is 2.00 bits per heavy atom. The zero-order valence-corrected chi connectivity index (χ0v) is 19.9. The van der Waals surface area contributed by atoms with Gasteiger partial charge in [-0.1, -0.05) is 43.7 Å². The van der Waals surface area contributed by atoms with Crippen molar-refractivity contribution in [3.63, 3.8) is 0 Å². The number of carbonyl (C=O) groups excluding carboxylic acids is 2. The van der Waals surface area contributed by atoms with Gasteiger partial charge in [-0.05, 0) is 44.4 Å². The van der Waals surface area contributed by atoms with Gasteiger partial charge in [-0.25, -0.2) is 0 Å². The highest BCUT2D eigenvalue weighted by molar-refractivity contribution is 7.14. The molecule has 0 bridgehead atoms. The van der Waals surface area contributed by atoms with Crippen molar-refractivity contribution in [3.8, 4) is 0 Å². The number of aromatic nitrogens is 1. The summed E-state index contributed by atoms with van der Waals surface area (Å²) in [6, 6.07) is 5.10. The van der Waals surface area contributed by atoms with Crippen LogP contribution in [0.25, 0.3) is 0 Å². The summed E-state index contributed by atoms with van der Waals surface area (Å²) in [5.74, 6) is 0.164. The van der Waals surface area contributed by atoms with Crippen molar-refractivity contribution >= 4 is 40.4 Å². The predicted molar refractivity (Wildman–Crippen MR) is 127 cm³/mol. The Kier molecular flexibility index (Phi) is 8.32. The number of hydrogen-bond acceptors (Lipinski definition) is 5. The fraction of sp³-hybridized carbons (Fsp3) is 0.522. The topological polar surface area (TPSA) is 83.1 Å². The third kappa shape index (κ3) is 6.43. The van der Waals surface area contributed by atoms with E-state index in [1.165, 1.54) is 30.6 Å². The number of anilines is 1. The lowest BCUT2D eigenvalue weighted by molar-refractivity contribution is -0.123. The maximum absolute atomic E-state index is 12.9. The fourth-order valence-electron chi connectivity index (χ4n) is 4.06. The van der Waals surface area contributed by atoms with Gasteiger partial charge in [0, 0.05) is 18.1 Å². The number of aryl methyl sites for hydroxylation is 1. The Bertz CT molecular complexity index is 911. The summed E-state index contributed by atoms with van der Waals surface area (Å²) in [7, 11) is 1.62. The van der Waals surface area contributed by atoms with E-state index >= 15 is 0 Å². The molecule has 0 aromatic carbocycles. The largest absolute Gasteiger partial charge is 0.376 e. The van der Waals surface area contributed by atoms with E-state index in [1.54, 1.807) is 13.2 Å². The molecule has 1 aliphatic carbocycles. The Morgan fingerprint density at radius 1 is 1.26 bits per heavy atom. The second-order valence-electron chi connectivity index (χ2n) is 8.23. The van der Waals surface area contributed by atoms with E-state index in [-0.39, 0.29) is 17.9 Å². The molecule has 0 aliphatic heterocycles. The van der Waals surface area contributed by atoms with Crippen LogP contribution >= 0.6 is 22.9 Å². The number of halogens is 1. The number of amides is 2. The number of hydrogen-bond donors (Lipinski definition) is 3. The van der Waals surface area contributed by atoms with Crippen LogP contribution in [0, 0.1) is 12.8 Å². The molecule has 2 aromatic rings. The standard InChI is InChI=1S/C23H31ClN4O2S/c1-14-18(12-17(24)13-26-14)27-15(2)20-9-10-21(31-20)23(30)28-19(22(29)25-3)11-16-7-5-4-6-8-16/h9-10,12-13,15-16,19,27H,4-8,11H2,1-3H3,(H,25,29)(H,28,30)/t15-,19+/m1/s1. The molecule has 2 heterocycles. The van der Waals surface area contributed by atoms with E-state index < -0.39 is 6.04 Å². The molecule has 2 amide bonds. The monoisotopic (exact) mass is 462 g/mol. The van der Waals surface area contributed by atoms with Crippen LogP contribution < -0.4 is 16.0 Å². The van der Waals surface area contributed by atoms with Crippen molar-refractivity contribution in [3.05, 3.63) is 44.9 Å². The molecule has 31 heavy (non-hydrogen) atoms. The number of nitrogens with zero attached hydrogens (tertiary/aromatic N) is 1. The van der Waals surface area contributed by atoms with Crippen LogP contribution in [0.4, 0.5) is 5.69 Å². The Morgan fingerprint density at radius 3 is 2.71 bits per heavy atom. The van der Waals surface area contributed by atoms with Crippen LogP contribution in [0.2, 0.25) is 5.02 Å². The summed E-state index contributed by atoms with van der Waals surface area (Å²) in [6.07, 6.45) is 8.27. The molecule has 0 spiro atoms. The van der Waals surface area contributed by atoms with Gasteiger partial charge in [0.25, 0.3) is 5.91 Å². The zero-order valence-electron chi connectivity index (χ0n) is 18.3. The second-order valence-corrected chi connectivity index (χ2v) is 9.79. The van der Waals surface area contributed by atoms with Crippen LogP contribution in [-0.2, 0) is 4.79 Å². The molecular formula is C23H31ClN4O2S. The first-order valence-electron chi connectivity index (χ1n) is 10.9. The Balaban J connectivity index is 1.64. The first-order chi connectivity index (χ1) is 14.9. The maximum Gasteiger partial charge on any atom is 0.262 e. The average molecular weight is 463 g/mol. The molecule has 0 saturated heterocycles. The van der Waals surface area contributed by atoms with Crippen LogP contribution in [0.3, 0.4) is 0 Å². The molecule has 2 aromatic heterocycles. The lowest BCUT2D eigenvalue weighted by atomic mass is 9.84. The van der Waals surface area contributed by atoms with Crippen LogP contribution in [0.15, 0.2) is 24.4 Å². The lowest BCUT2D eigenvalue weighted by Crippen LogP contribution is -2.46. The van der Waals surface area contributed by atoms with Gasteiger partial charge in [0.2, 0.25) is 5.91 Å². The van der Waals surface area contributed by atoms with Gasteiger partial charge in [0.1, 0.15) is 6.04 Å². The van der Waals surface area contributed by atoms with Crippen molar-refractivity contribution < 1.29 is 9.59 Å². The van der Waals surface area contributed by atoms with E-state index in [0.29, 0.717) is 22.2 Å². The number of pyridine rings is 1. The van der Waals surface area contributed by atoms with Gasteiger partial charge in [-0.3, -0.25) is 14.6 Å². The van der Waals surface area contributed by atoms with Gasteiger partial charge in [0.15, 0.2) is 0 Å². The molecule has 3 N–H and O–H groups in total. The third-order valence-corrected chi connectivity index (χ3v) is 7.34. The molecule has 3 rings (SSSR count). The summed E-state index contributed by atoms with van der Waals surface area (Å²) >= 11 is 7.49. The van der Waals surface area contributed by atoms with Crippen LogP contribution in [-0.4, -0.2) is 29.9 Å². The molecular weight excluding hydrogens is 432 g/mol. The van der Waals surface area contributed by atoms with Gasteiger partial charge in [-0.15, -0.1) is 11.3 Å². The molecule has 1 fully saturated rings. The van der Waals surface area contributed by atoms with Crippen LogP contribution in [0.5, 0.6) is 0 Å². The number of nitrogens with one attached hydrogen (secondary N) is 3. The average Bonchev–Trinajstić information content (AvgIpc) is 3.26. The Hall–Kier alpha value is -2.12. The number of rotatable bonds is 8. The third-order valence-electron chi connectivity index (χ3n) is 5.86. The van der Waals surface area contributed by atoms with E-state index in [4.69, 9.17) is 11.6 Å². The molecule has 0 unspecified atom stereocenters. The maximum atomic E-state index is 12.9. The van der Waals surface area contributed by atoms with Gasteiger partial charge < -0.3 is 16.0 Å². The highest BCUT2D eigenvalue weighted by atomic mass is 35.5. The first-order valence-corrected chi connectivity index (χ1v) is 12.1. The quantitative estimate of drug-likeness (QED) is 0.510. The smallest absolute Gasteiger partial charge is 0.262 e. The van der Waals surface area contributed by atoms with Crippen molar-refractivity contribution in [1.82, 2.24) is 15.6 Å². The van der Waals surface area contributed by atoms with Crippen LogP contribution in [0.1, 0.15) is 71.7 Å². The van der Waals surface area contributed by atoms with Crippen molar-refractivity contribution in [2.45, 2.75) is 64.5 Å². The molecule has 2 atom stereocenters. The summed E-state index contributed by atoms with van der Waals surface area (Å²) in [4.78, 5) is 31.2. The molecule has 6 nitrogen and oxygen atoms in total. The molecule has 168 valence electrons. The minimum absolute atomic E-state index is 0.0116. The summed E-state index contributed by atoms with van der Waals surface area (Å²) in [6.45, 7) is 3.95. The van der Waals surface area contributed by atoms with Crippen molar-refractivity contribution in [2.24, 2.45) is 5.92 Å². The van der Waals surface area contributed by atoms with Crippen molar-refractivity contribution in [2.75, 3.05) is 12.4 Å². The minimum atomic E-state index is -0.498. The number of thiophene rings is 1. The number of carbonyl (C=O) groups is 2.